The maximum Gasteiger partial charge on any atom is 0.142 e. The Morgan fingerprint density at radius 2 is 2.40 bits per heavy atom. The Kier molecular flexibility index (Phi) is 4.24. The number of nitrogens with zero attached hydrogens (tertiary/aromatic N) is 2. The second kappa shape index (κ2) is 6.11. The molecule has 1 fully saturated rings. The fraction of sp³-hybridized carbons (Fsp3) is 0.429. The molecular formula is C14H16N2O2S2. The molecule has 106 valence electrons. The molecule has 3 atom stereocenters. The standard InChI is InChI=1S/C14H16N2O2S2/c1-10-13(5-7-18-10)20(17)9-11-8-19-14(16-11)12-4-2-3-6-15-12/h2-4,6,8,10,13H,5,7,9H2,1H3/t10-,13+,20-/m0/s1. The molecule has 2 aromatic heterocycles. The third-order valence-electron chi connectivity index (χ3n) is 3.37. The van der Waals surface area contributed by atoms with Crippen LogP contribution in [0.25, 0.3) is 10.7 Å². The zero-order valence-electron chi connectivity index (χ0n) is 11.2. The minimum absolute atomic E-state index is 0.0877. The highest BCUT2D eigenvalue weighted by molar-refractivity contribution is 7.84. The van der Waals surface area contributed by atoms with Gasteiger partial charge < -0.3 is 4.74 Å². The fourth-order valence-corrected chi connectivity index (χ4v) is 4.71. The van der Waals surface area contributed by atoms with Gasteiger partial charge in [0.05, 0.1) is 28.5 Å². The van der Waals surface area contributed by atoms with Crippen molar-refractivity contribution in [3.63, 3.8) is 0 Å². The third-order valence-corrected chi connectivity index (χ3v) is 6.16. The van der Waals surface area contributed by atoms with Gasteiger partial charge in [-0.1, -0.05) is 6.07 Å². The average molecular weight is 308 g/mol. The van der Waals surface area contributed by atoms with Gasteiger partial charge in [-0.3, -0.25) is 9.19 Å². The third kappa shape index (κ3) is 2.97. The zero-order valence-corrected chi connectivity index (χ0v) is 12.8. The van der Waals surface area contributed by atoms with Crippen LogP contribution >= 0.6 is 11.3 Å². The van der Waals surface area contributed by atoms with Crippen molar-refractivity contribution in [3.05, 3.63) is 35.5 Å². The van der Waals surface area contributed by atoms with Crippen molar-refractivity contribution in [2.24, 2.45) is 0 Å². The summed E-state index contributed by atoms with van der Waals surface area (Å²) < 4.78 is 17.8. The van der Waals surface area contributed by atoms with Crippen LogP contribution in [0.2, 0.25) is 0 Å². The molecule has 0 saturated carbocycles. The van der Waals surface area contributed by atoms with Crippen molar-refractivity contribution >= 4 is 22.1 Å². The Morgan fingerprint density at radius 1 is 1.50 bits per heavy atom. The van der Waals surface area contributed by atoms with E-state index < -0.39 is 10.8 Å². The molecule has 0 spiro atoms. The van der Waals surface area contributed by atoms with Crippen LogP contribution in [-0.2, 0) is 21.3 Å². The number of hydrogen-bond donors (Lipinski definition) is 0. The molecule has 0 aliphatic carbocycles. The van der Waals surface area contributed by atoms with E-state index in [1.165, 1.54) is 0 Å². The number of hydrogen-bond acceptors (Lipinski definition) is 5. The van der Waals surface area contributed by atoms with Gasteiger partial charge in [0.1, 0.15) is 5.01 Å². The molecule has 3 rings (SSSR count). The van der Waals surface area contributed by atoms with Crippen molar-refractivity contribution in [2.75, 3.05) is 6.61 Å². The van der Waals surface area contributed by atoms with Gasteiger partial charge in [0.25, 0.3) is 0 Å². The lowest BCUT2D eigenvalue weighted by Gasteiger charge is -2.12. The van der Waals surface area contributed by atoms with Crippen molar-refractivity contribution in [3.8, 4) is 10.7 Å². The van der Waals surface area contributed by atoms with E-state index in [2.05, 4.69) is 9.97 Å². The minimum Gasteiger partial charge on any atom is -0.377 e. The average Bonchev–Trinajstić information content (AvgIpc) is 3.09. The Morgan fingerprint density at radius 3 is 3.10 bits per heavy atom. The van der Waals surface area contributed by atoms with E-state index in [0.29, 0.717) is 12.4 Å². The summed E-state index contributed by atoms with van der Waals surface area (Å²) in [7, 11) is -0.921. The summed E-state index contributed by atoms with van der Waals surface area (Å²) in [4.78, 5) is 8.82. The highest BCUT2D eigenvalue weighted by atomic mass is 32.2. The van der Waals surface area contributed by atoms with Crippen LogP contribution in [0.5, 0.6) is 0 Å². The van der Waals surface area contributed by atoms with Gasteiger partial charge in [0.2, 0.25) is 0 Å². The Labute approximate surface area is 124 Å². The summed E-state index contributed by atoms with van der Waals surface area (Å²) in [5, 5.41) is 2.99. The first-order valence-corrected chi connectivity index (χ1v) is 8.85. The van der Waals surface area contributed by atoms with Crippen molar-refractivity contribution in [1.82, 2.24) is 9.97 Å². The lowest BCUT2D eigenvalue weighted by atomic mass is 10.3. The van der Waals surface area contributed by atoms with Crippen LogP contribution in [-0.4, -0.2) is 32.1 Å². The van der Waals surface area contributed by atoms with Crippen LogP contribution in [0.3, 0.4) is 0 Å². The lowest BCUT2D eigenvalue weighted by Crippen LogP contribution is -2.24. The highest BCUT2D eigenvalue weighted by Gasteiger charge is 2.29. The maximum atomic E-state index is 12.4. The molecule has 0 amide bonds. The van der Waals surface area contributed by atoms with Gasteiger partial charge in [-0.15, -0.1) is 11.3 Å². The summed E-state index contributed by atoms with van der Waals surface area (Å²) in [6.45, 7) is 2.71. The summed E-state index contributed by atoms with van der Waals surface area (Å²) in [6.07, 6.45) is 2.72. The van der Waals surface area contributed by atoms with Gasteiger partial charge in [-0.2, -0.15) is 0 Å². The first-order valence-electron chi connectivity index (χ1n) is 6.58. The smallest absolute Gasteiger partial charge is 0.142 e. The highest BCUT2D eigenvalue weighted by Crippen LogP contribution is 2.25. The zero-order chi connectivity index (χ0) is 13.9. The van der Waals surface area contributed by atoms with E-state index in [9.17, 15) is 4.21 Å². The molecule has 3 heterocycles. The Hall–Kier alpha value is -1.11. The van der Waals surface area contributed by atoms with Gasteiger partial charge in [0.15, 0.2) is 0 Å². The minimum atomic E-state index is -0.921. The normalized spacial score (nSPS) is 23.9. The van der Waals surface area contributed by atoms with Gasteiger partial charge in [0, 0.05) is 29.0 Å². The van der Waals surface area contributed by atoms with Crippen LogP contribution < -0.4 is 0 Å². The van der Waals surface area contributed by atoms with Gasteiger partial charge in [-0.05, 0) is 25.5 Å². The number of thiazole rings is 1. The first-order chi connectivity index (χ1) is 9.74. The van der Waals surface area contributed by atoms with Gasteiger partial charge >= 0.3 is 0 Å². The molecule has 2 aromatic rings. The molecule has 4 nitrogen and oxygen atoms in total. The molecule has 1 aliphatic rings. The number of rotatable bonds is 4. The van der Waals surface area contributed by atoms with E-state index in [4.69, 9.17) is 4.74 Å². The predicted octanol–water partition coefficient (Wildman–Crippen LogP) is 2.63. The summed E-state index contributed by atoms with van der Waals surface area (Å²) >= 11 is 1.55. The second-order valence-electron chi connectivity index (χ2n) is 4.79. The molecule has 0 radical (unpaired) electrons. The predicted molar refractivity (Wildman–Crippen MR) is 81.0 cm³/mol. The number of pyridine rings is 1. The molecule has 0 bridgehead atoms. The topological polar surface area (TPSA) is 52.1 Å². The second-order valence-corrected chi connectivity index (χ2v) is 7.30. The maximum absolute atomic E-state index is 12.4. The molecule has 1 aliphatic heterocycles. The molecule has 0 unspecified atom stereocenters. The van der Waals surface area contributed by atoms with Crippen molar-refractivity contribution in [2.45, 2.75) is 30.5 Å². The fourth-order valence-electron chi connectivity index (χ4n) is 2.29. The summed E-state index contributed by atoms with van der Waals surface area (Å²) in [6, 6.07) is 5.76. The van der Waals surface area contributed by atoms with Crippen LogP contribution in [0.1, 0.15) is 19.0 Å². The van der Waals surface area contributed by atoms with E-state index in [0.717, 1.165) is 22.8 Å². The summed E-state index contributed by atoms with van der Waals surface area (Å²) in [5.41, 5.74) is 1.75. The van der Waals surface area contributed by atoms with Gasteiger partial charge in [-0.25, -0.2) is 4.98 Å². The van der Waals surface area contributed by atoms with Crippen LogP contribution in [0.4, 0.5) is 0 Å². The first kappa shape index (κ1) is 13.9. The van der Waals surface area contributed by atoms with E-state index in [1.54, 1.807) is 17.5 Å². The van der Waals surface area contributed by atoms with E-state index >= 15 is 0 Å². The molecule has 6 heteroatoms. The quantitative estimate of drug-likeness (QED) is 0.871. The molecule has 0 N–H and O–H groups in total. The van der Waals surface area contributed by atoms with E-state index in [-0.39, 0.29) is 11.4 Å². The van der Waals surface area contributed by atoms with E-state index in [1.807, 2.05) is 30.5 Å². The summed E-state index contributed by atoms with van der Waals surface area (Å²) in [5.74, 6) is 0.502. The number of aromatic nitrogens is 2. The molecule has 0 aromatic carbocycles. The van der Waals surface area contributed by atoms with Crippen molar-refractivity contribution in [1.29, 1.82) is 0 Å². The van der Waals surface area contributed by atoms with Crippen molar-refractivity contribution < 1.29 is 8.95 Å². The SMILES string of the molecule is C[C@@H]1OCC[C@H]1[S@@](=O)Cc1csc(-c2ccccn2)n1. The molecular weight excluding hydrogens is 292 g/mol. The largest absolute Gasteiger partial charge is 0.377 e. The number of ether oxygens (including phenoxy) is 1. The van der Waals surface area contributed by atoms with Crippen LogP contribution in [0, 0.1) is 0 Å². The molecule has 1 saturated heterocycles. The Bertz CT molecular complexity index is 600. The van der Waals surface area contributed by atoms with Crippen LogP contribution in [0.15, 0.2) is 29.8 Å². The monoisotopic (exact) mass is 308 g/mol. The Balaban J connectivity index is 1.70. The molecule has 20 heavy (non-hydrogen) atoms. The lowest BCUT2D eigenvalue weighted by molar-refractivity contribution is 0.127.